The van der Waals surface area contributed by atoms with E-state index in [1.54, 1.807) is 6.20 Å². The predicted molar refractivity (Wildman–Crippen MR) is 133 cm³/mol. The topological polar surface area (TPSA) is 37.7 Å². The van der Waals surface area contributed by atoms with E-state index in [1.165, 1.54) is 16.8 Å². The summed E-state index contributed by atoms with van der Waals surface area (Å²) in [4.78, 5) is 11.7. The molecule has 1 aromatic heterocycles. The van der Waals surface area contributed by atoms with E-state index < -0.39 is 0 Å². The second-order valence-electron chi connectivity index (χ2n) is 8.79. The highest BCUT2D eigenvalue weighted by Gasteiger charge is 2.53. The number of hydrogen-bond donors (Lipinski definition) is 0. The summed E-state index contributed by atoms with van der Waals surface area (Å²) in [5.74, 6) is 2.04. The van der Waals surface area contributed by atoms with Gasteiger partial charge < -0.3 is 9.64 Å². The van der Waals surface area contributed by atoms with Gasteiger partial charge in [-0.3, -0.25) is 9.98 Å². The van der Waals surface area contributed by atoms with Crippen molar-refractivity contribution in [2.45, 2.75) is 18.9 Å². The van der Waals surface area contributed by atoms with E-state index in [9.17, 15) is 0 Å². The van der Waals surface area contributed by atoms with Crippen LogP contribution in [0, 0.1) is 5.92 Å². The molecule has 3 aliphatic rings. The lowest BCUT2D eigenvalue weighted by atomic mass is 9.73. The lowest BCUT2D eigenvalue weighted by molar-refractivity contribution is 0.437. The van der Waals surface area contributed by atoms with Crippen LogP contribution in [0.25, 0.3) is 11.1 Å². The third-order valence-corrected chi connectivity index (χ3v) is 6.92. The molecule has 3 heterocycles. The van der Waals surface area contributed by atoms with Crippen LogP contribution in [0.1, 0.15) is 13.3 Å². The summed E-state index contributed by atoms with van der Waals surface area (Å²) in [5.41, 5.74) is 5.60. The molecular weight excluding hydrogens is 406 g/mol. The quantitative estimate of drug-likeness (QED) is 0.493. The fourth-order valence-corrected chi connectivity index (χ4v) is 5.34. The van der Waals surface area contributed by atoms with Crippen molar-refractivity contribution in [1.82, 2.24) is 4.98 Å². The maximum Gasteiger partial charge on any atom is 0.129 e. The molecule has 2 unspecified atom stereocenters. The van der Waals surface area contributed by atoms with E-state index in [2.05, 4.69) is 65.4 Å². The van der Waals surface area contributed by atoms with Gasteiger partial charge in [0.15, 0.2) is 0 Å². The first kappa shape index (κ1) is 19.7. The molecule has 4 heteroatoms. The summed E-state index contributed by atoms with van der Waals surface area (Å²) in [6.07, 6.45) is 13.3. The molecule has 4 nitrogen and oxygen atoms in total. The standard InChI is InChI=1S/C29H25N3O/c1-21-19-31-28-18-26(33-25-7-3-2-4-8-25)13-15-29(28)27(21)14-17-32(29)24-11-9-22(10-12-24)23-6-5-16-30-20-23/h2-13,15-16,18-20,27H,14,17H2,1H3. The molecule has 0 N–H and O–H groups in total. The third kappa shape index (κ3) is 3.30. The lowest BCUT2D eigenvalue weighted by Crippen LogP contribution is -2.55. The Labute approximate surface area is 194 Å². The number of rotatable bonds is 4. The van der Waals surface area contributed by atoms with Crippen molar-refractivity contribution in [2.24, 2.45) is 10.9 Å². The Bertz CT molecular complexity index is 1290. The normalized spacial score (nSPS) is 23.2. The monoisotopic (exact) mass is 431 g/mol. The minimum absolute atomic E-state index is 0.280. The molecule has 0 saturated carbocycles. The average molecular weight is 432 g/mol. The molecule has 1 fully saturated rings. The first-order valence-electron chi connectivity index (χ1n) is 11.4. The zero-order chi connectivity index (χ0) is 22.3. The number of nitrogens with zero attached hydrogens (tertiary/aromatic N) is 3. The van der Waals surface area contributed by atoms with Crippen molar-refractivity contribution >= 4 is 11.4 Å². The van der Waals surface area contributed by atoms with Crippen LogP contribution in [0.5, 0.6) is 5.75 Å². The Balaban J connectivity index is 1.35. The first-order chi connectivity index (χ1) is 16.2. The number of aromatic nitrogens is 1. The zero-order valence-corrected chi connectivity index (χ0v) is 18.6. The Hall–Kier alpha value is -3.92. The smallest absolute Gasteiger partial charge is 0.129 e. The summed E-state index contributed by atoms with van der Waals surface area (Å²) < 4.78 is 6.13. The van der Waals surface area contributed by atoms with Gasteiger partial charge in [0.05, 0.1) is 5.71 Å². The number of para-hydroxylation sites is 1. The maximum atomic E-state index is 6.13. The number of pyridine rings is 1. The van der Waals surface area contributed by atoms with Crippen molar-refractivity contribution in [3.8, 4) is 16.9 Å². The van der Waals surface area contributed by atoms with Gasteiger partial charge in [0.2, 0.25) is 0 Å². The second kappa shape index (κ2) is 7.89. The fourth-order valence-electron chi connectivity index (χ4n) is 5.34. The fraction of sp³-hybridized carbons (Fsp3) is 0.172. The van der Waals surface area contributed by atoms with Crippen LogP contribution in [0.2, 0.25) is 0 Å². The predicted octanol–water partition coefficient (Wildman–Crippen LogP) is 6.20. The summed E-state index contributed by atoms with van der Waals surface area (Å²) >= 11 is 0. The lowest BCUT2D eigenvalue weighted by Gasteiger charge is -2.45. The summed E-state index contributed by atoms with van der Waals surface area (Å²) in [6, 6.07) is 22.8. The zero-order valence-electron chi connectivity index (χ0n) is 18.6. The molecule has 0 radical (unpaired) electrons. The molecule has 6 rings (SSSR count). The van der Waals surface area contributed by atoms with Gasteiger partial charge in [-0.05, 0) is 72.5 Å². The van der Waals surface area contributed by atoms with E-state index in [-0.39, 0.29) is 5.54 Å². The highest BCUT2D eigenvalue weighted by Crippen LogP contribution is 2.48. The number of ether oxygens (including phenoxy) is 1. The molecule has 2 atom stereocenters. The van der Waals surface area contributed by atoms with Crippen LogP contribution in [0.3, 0.4) is 0 Å². The van der Waals surface area contributed by atoms with Gasteiger partial charge >= 0.3 is 0 Å². The van der Waals surface area contributed by atoms with E-state index in [0.29, 0.717) is 5.92 Å². The molecule has 33 heavy (non-hydrogen) atoms. The van der Waals surface area contributed by atoms with Crippen molar-refractivity contribution in [3.63, 3.8) is 0 Å². The van der Waals surface area contributed by atoms with Crippen molar-refractivity contribution in [1.29, 1.82) is 0 Å². The molecule has 1 saturated heterocycles. The van der Waals surface area contributed by atoms with Gasteiger partial charge in [-0.2, -0.15) is 0 Å². The van der Waals surface area contributed by atoms with Gasteiger partial charge in [-0.25, -0.2) is 0 Å². The van der Waals surface area contributed by atoms with Crippen molar-refractivity contribution < 1.29 is 4.74 Å². The number of benzene rings is 2. The molecular formula is C29H25N3O. The average Bonchev–Trinajstić information content (AvgIpc) is 3.26. The van der Waals surface area contributed by atoms with Crippen LogP contribution in [0.15, 0.2) is 120 Å². The van der Waals surface area contributed by atoms with Gasteiger partial charge in [0.25, 0.3) is 0 Å². The molecule has 2 aromatic carbocycles. The molecule has 1 aliphatic carbocycles. The molecule has 162 valence electrons. The molecule has 0 bridgehead atoms. The summed E-state index contributed by atoms with van der Waals surface area (Å²) in [6.45, 7) is 3.18. The summed E-state index contributed by atoms with van der Waals surface area (Å²) in [5, 5.41) is 0. The maximum absolute atomic E-state index is 6.13. The van der Waals surface area contributed by atoms with Crippen LogP contribution in [-0.4, -0.2) is 22.8 Å². The van der Waals surface area contributed by atoms with Crippen molar-refractivity contribution in [2.75, 3.05) is 11.4 Å². The first-order valence-corrected chi connectivity index (χ1v) is 11.4. The summed E-state index contributed by atoms with van der Waals surface area (Å²) in [7, 11) is 0. The number of anilines is 1. The molecule has 1 spiro atoms. The van der Waals surface area contributed by atoms with E-state index >= 15 is 0 Å². The number of aliphatic imine (C=N–C) groups is 1. The van der Waals surface area contributed by atoms with Crippen LogP contribution in [-0.2, 0) is 0 Å². The Morgan fingerprint density at radius 1 is 0.970 bits per heavy atom. The second-order valence-corrected chi connectivity index (χ2v) is 8.79. The van der Waals surface area contributed by atoms with Gasteiger partial charge in [-0.15, -0.1) is 0 Å². The Kier molecular flexibility index (Phi) is 4.72. The molecule has 2 aliphatic heterocycles. The van der Waals surface area contributed by atoms with E-state index in [1.807, 2.05) is 48.8 Å². The van der Waals surface area contributed by atoms with E-state index in [4.69, 9.17) is 9.73 Å². The Morgan fingerprint density at radius 2 is 1.82 bits per heavy atom. The highest BCUT2D eigenvalue weighted by atomic mass is 16.5. The number of hydrogen-bond acceptors (Lipinski definition) is 4. The van der Waals surface area contributed by atoms with Crippen LogP contribution in [0.4, 0.5) is 5.69 Å². The molecule has 3 aromatic rings. The Morgan fingerprint density at radius 3 is 2.61 bits per heavy atom. The van der Waals surface area contributed by atoms with Crippen molar-refractivity contribution in [3.05, 3.63) is 115 Å². The largest absolute Gasteiger partial charge is 0.457 e. The van der Waals surface area contributed by atoms with Crippen LogP contribution < -0.4 is 9.64 Å². The molecule has 0 amide bonds. The highest BCUT2D eigenvalue weighted by molar-refractivity contribution is 6.10. The minimum Gasteiger partial charge on any atom is -0.457 e. The minimum atomic E-state index is -0.280. The third-order valence-electron chi connectivity index (χ3n) is 6.92. The SMILES string of the molecule is CC1=CN=C2C=C(Oc3ccccc3)C=CC23C1CCN3c1ccc(-c2cccnc2)cc1. The van der Waals surface area contributed by atoms with E-state index in [0.717, 1.165) is 35.7 Å². The van der Waals surface area contributed by atoms with Gasteiger partial charge in [0.1, 0.15) is 17.0 Å². The van der Waals surface area contributed by atoms with Crippen LogP contribution >= 0.6 is 0 Å². The van der Waals surface area contributed by atoms with Gasteiger partial charge in [0, 0.05) is 42.8 Å². The van der Waals surface area contributed by atoms with Gasteiger partial charge in [-0.1, -0.05) is 36.4 Å². The number of allylic oxidation sites excluding steroid dienone is 1.